The van der Waals surface area contributed by atoms with Gasteiger partial charge in [-0.2, -0.15) is 5.26 Å². The van der Waals surface area contributed by atoms with Crippen molar-refractivity contribution in [1.29, 1.82) is 5.26 Å². The van der Waals surface area contributed by atoms with Gasteiger partial charge in [0.25, 0.3) is 5.69 Å². The number of rotatable bonds is 3. The molecule has 1 saturated carbocycles. The fourth-order valence-corrected chi connectivity index (χ4v) is 1.18. The molecule has 1 fully saturated rings. The van der Waals surface area contributed by atoms with Crippen molar-refractivity contribution in [3.8, 4) is 11.8 Å². The molecule has 0 saturated heterocycles. The van der Waals surface area contributed by atoms with Gasteiger partial charge < -0.3 is 4.74 Å². The molecule has 76 valence electrons. The highest BCUT2D eigenvalue weighted by atomic mass is 16.6. The molecule has 0 unspecified atom stereocenters. The molecule has 5 nitrogen and oxygen atoms in total. The Morgan fingerprint density at radius 1 is 1.53 bits per heavy atom. The Morgan fingerprint density at radius 2 is 2.27 bits per heavy atom. The van der Waals surface area contributed by atoms with E-state index in [2.05, 4.69) is 0 Å². The van der Waals surface area contributed by atoms with Gasteiger partial charge in [0.2, 0.25) is 0 Å². The quantitative estimate of drug-likeness (QED) is 0.557. The minimum atomic E-state index is -0.499. The van der Waals surface area contributed by atoms with Gasteiger partial charge in [0, 0.05) is 6.07 Å². The Kier molecular flexibility index (Phi) is 2.26. The summed E-state index contributed by atoms with van der Waals surface area (Å²) in [4.78, 5) is 10.0. The van der Waals surface area contributed by atoms with E-state index < -0.39 is 4.92 Å². The van der Waals surface area contributed by atoms with E-state index in [0.717, 1.165) is 12.8 Å². The molecule has 1 aromatic rings. The summed E-state index contributed by atoms with van der Waals surface area (Å²) in [5.74, 6) is 0.314. The number of hydrogen-bond acceptors (Lipinski definition) is 4. The topological polar surface area (TPSA) is 76.2 Å². The molecule has 0 atom stereocenters. The highest BCUT2D eigenvalue weighted by Crippen LogP contribution is 2.31. The molecule has 0 N–H and O–H groups in total. The molecule has 15 heavy (non-hydrogen) atoms. The Balaban J connectivity index is 2.33. The van der Waals surface area contributed by atoms with E-state index in [1.165, 1.54) is 18.2 Å². The maximum Gasteiger partial charge on any atom is 0.273 e. The van der Waals surface area contributed by atoms with Gasteiger partial charge in [0.15, 0.2) is 0 Å². The average Bonchev–Trinajstić information content (AvgIpc) is 3.01. The van der Waals surface area contributed by atoms with Crippen LogP contribution in [-0.2, 0) is 0 Å². The van der Waals surface area contributed by atoms with Gasteiger partial charge in [0.1, 0.15) is 11.8 Å². The molecular weight excluding hydrogens is 196 g/mol. The molecule has 1 aromatic carbocycles. The monoisotopic (exact) mass is 204 g/mol. The summed E-state index contributed by atoms with van der Waals surface area (Å²) in [5, 5.41) is 19.3. The van der Waals surface area contributed by atoms with Gasteiger partial charge >= 0.3 is 0 Å². The molecule has 0 aliphatic heterocycles. The number of benzene rings is 1. The number of nitro groups is 1. The third-order valence-electron chi connectivity index (χ3n) is 2.11. The first-order chi connectivity index (χ1) is 7.20. The molecule has 0 spiro atoms. The number of nitrogens with zero attached hydrogens (tertiary/aromatic N) is 2. The van der Waals surface area contributed by atoms with E-state index in [-0.39, 0.29) is 11.8 Å². The van der Waals surface area contributed by atoms with Crippen LogP contribution in [0.5, 0.6) is 5.75 Å². The van der Waals surface area contributed by atoms with Crippen LogP contribution in [-0.4, -0.2) is 11.0 Å². The fourth-order valence-electron chi connectivity index (χ4n) is 1.18. The van der Waals surface area contributed by atoms with Gasteiger partial charge in [0.05, 0.1) is 22.7 Å². The average molecular weight is 204 g/mol. The molecule has 0 bridgehead atoms. The molecule has 5 heteroatoms. The van der Waals surface area contributed by atoms with Gasteiger partial charge in [-0.05, 0) is 18.9 Å². The van der Waals surface area contributed by atoms with Crippen LogP contribution >= 0.6 is 0 Å². The van der Waals surface area contributed by atoms with Gasteiger partial charge in [-0.15, -0.1) is 0 Å². The summed E-state index contributed by atoms with van der Waals surface area (Å²) >= 11 is 0. The number of hydrogen-bond donors (Lipinski definition) is 0. The zero-order valence-corrected chi connectivity index (χ0v) is 7.84. The van der Waals surface area contributed by atoms with Crippen LogP contribution in [0.1, 0.15) is 18.4 Å². The maximum atomic E-state index is 10.5. The van der Waals surface area contributed by atoms with Crippen LogP contribution in [0.15, 0.2) is 18.2 Å². The van der Waals surface area contributed by atoms with Crippen molar-refractivity contribution in [2.24, 2.45) is 0 Å². The third-order valence-corrected chi connectivity index (χ3v) is 2.11. The second kappa shape index (κ2) is 3.58. The van der Waals surface area contributed by atoms with Gasteiger partial charge in [-0.1, -0.05) is 0 Å². The minimum Gasteiger partial charge on any atom is -0.489 e. The van der Waals surface area contributed by atoms with Gasteiger partial charge in [-0.3, -0.25) is 10.1 Å². The summed E-state index contributed by atoms with van der Waals surface area (Å²) < 4.78 is 5.41. The Labute approximate surface area is 86.0 Å². The molecule has 0 radical (unpaired) electrons. The molecule has 1 aliphatic carbocycles. The zero-order chi connectivity index (χ0) is 10.8. The molecule has 0 heterocycles. The van der Waals surface area contributed by atoms with Crippen LogP contribution in [0.2, 0.25) is 0 Å². The number of non-ortho nitro benzene ring substituents is 1. The molecule has 1 aliphatic rings. The van der Waals surface area contributed by atoms with Crippen molar-refractivity contribution in [2.45, 2.75) is 18.9 Å². The van der Waals surface area contributed by atoms with Crippen molar-refractivity contribution in [1.82, 2.24) is 0 Å². The van der Waals surface area contributed by atoms with Crippen molar-refractivity contribution < 1.29 is 9.66 Å². The summed E-state index contributed by atoms with van der Waals surface area (Å²) in [6, 6.07) is 5.97. The van der Waals surface area contributed by atoms with E-state index in [4.69, 9.17) is 10.00 Å². The van der Waals surface area contributed by atoms with Crippen LogP contribution in [0.3, 0.4) is 0 Å². The normalized spacial score (nSPS) is 14.3. The first-order valence-corrected chi connectivity index (χ1v) is 4.56. The first kappa shape index (κ1) is 9.46. The lowest BCUT2D eigenvalue weighted by Gasteiger charge is -2.05. The molecule has 0 aromatic heterocycles. The smallest absolute Gasteiger partial charge is 0.273 e. The van der Waals surface area contributed by atoms with Gasteiger partial charge in [-0.25, -0.2) is 0 Å². The van der Waals surface area contributed by atoms with E-state index in [9.17, 15) is 10.1 Å². The predicted octanol–water partition coefficient (Wildman–Crippen LogP) is 2.01. The maximum absolute atomic E-state index is 10.5. The predicted molar refractivity (Wildman–Crippen MR) is 51.5 cm³/mol. The van der Waals surface area contributed by atoms with Crippen molar-refractivity contribution in [3.63, 3.8) is 0 Å². The van der Waals surface area contributed by atoms with E-state index in [1.807, 2.05) is 6.07 Å². The highest BCUT2D eigenvalue weighted by Gasteiger charge is 2.25. The Hall–Kier alpha value is -2.09. The fraction of sp³-hybridized carbons (Fsp3) is 0.300. The minimum absolute atomic E-state index is 0.0512. The van der Waals surface area contributed by atoms with Crippen molar-refractivity contribution in [3.05, 3.63) is 33.9 Å². The van der Waals surface area contributed by atoms with Crippen LogP contribution in [0.4, 0.5) is 5.69 Å². The number of nitro benzene ring substituents is 1. The van der Waals surface area contributed by atoms with Crippen LogP contribution < -0.4 is 4.74 Å². The van der Waals surface area contributed by atoms with Crippen molar-refractivity contribution in [2.75, 3.05) is 0 Å². The lowest BCUT2D eigenvalue weighted by Crippen LogP contribution is -1.99. The second-order valence-electron chi connectivity index (χ2n) is 3.37. The third kappa shape index (κ3) is 2.05. The SMILES string of the molecule is N#Cc1ccc([N+](=O)[O-])cc1OC1CC1. The zero-order valence-electron chi connectivity index (χ0n) is 7.84. The Morgan fingerprint density at radius 3 is 2.80 bits per heavy atom. The molecule has 2 rings (SSSR count). The highest BCUT2D eigenvalue weighted by molar-refractivity contribution is 5.50. The summed E-state index contributed by atoms with van der Waals surface area (Å²) in [7, 11) is 0. The Bertz CT molecular complexity index is 446. The lowest BCUT2D eigenvalue weighted by atomic mass is 10.2. The van der Waals surface area contributed by atoms with Crippen molar-refractivity contribution >= 4 is 5.69 Å². The second-order valence-corrected chi connectivity index (χ2v) is 3.37. The van der Waals surface area contributed by atoms with Crippen LogP contribution in [0, 0.1) is 21.4 Å². The number of nitriles is 1. The lowest BCUT2D eigenvalue weighted by molar-refractivity contribution is -0.384. The number of ether oxygens (including phenoxy) is 1. The summed E-state index contributed by atoms with van der Waals surface area (Å²) in [5.41, 5.74) is 0.289. The molecular formula is C10H8N2O3. The van der Waals surface area contributed by atoms with E-state index in [1.54, 1.807) is 0 Å². The largest absolute Gasteiger partial charge is 0.489 e. The van der Waals surface area contributed by atoms with E-state index in [0.29, 0.717) is 11.3 Å². The first-order valence-electron chi connectivity index (χ1n) is 4.56. The summed E-state index contributed by atoms with van der Waals surface area (Å²) in [6.07, 6.45) is 2.03. The standard InChI is InChI=1S/C10H8N2O3/c11-6-7-1-2-8(12(13)14)5-10(7)15-9-3-4-9/h1-2,5,9H,3-4H2. The van der Waals surface area contributed by atoms with E-state index >= 15 is 0 Å². The van der Waals surface area contributed by atoms with Crippen LogP contribution in [0.25, 0.3) is 0 Å². The molecule has 0 amide bonds. The summed E-state index contributed by atoms with van der Waals surface area (Å²) in [6.45, 7) is 0.